The minimum Gasteiger partial charge on any atom is -0.346 e. The number of benzene rings is 1. The molecule has 0 atom stereocenters. The number of thiocarbonyl (C=S) groups is 1. The first-order valence-electron chi connectivity index (χ1n) is 10.3. The van der Waals surface area contributed by atoms with Crippen molar-refractivity contribution >= 4 is 46.2 Å². The molecule has 1 saturated heterocycles. The summed E-state index contributed by atoms with van der Waals surface area (Å²) in [7, 11) is 0. The van der Waals surface area contributed by atoms with Crippen molar-refractivity contribution in [1.29, 1.82) is 0 Å². The molecule has 146 valence electrons. The molecule has 1 N–H and O–H groups in total. The fourth-order valence-electron chi connectivity index (χ4n) is 6.54. The van der Waals surface area contributed by atoms with Crippen molar-refractivity contribution in [3.63, 3.8) is 0 Å². The lowest BCUT2D eigenvalue weighted by atomic mass is 9.54. The molecule has 27 heavy (non-hydrogen) atoms. The fraction of sp³-hybridized carbons (Fsp3) is 0.667. The maximum atomic E-state index is 6.10. The average Bonchev–Trinajstić information content (AvgIpc) is 2.60. The number of hydrogen-bond acceptors (Lipinski definition) is 2. The third-order valence-electron chi connectivity index (χ3n) is 7.31. The molecule has 4 aliphatic carbocycles. The molecule has 1 aliphatic heterocycles. The van der Waals surface area contributed by atoms with Gasteiger partial charge in [0.2, 0.25) is 0 Å². The van der Waals surface area contributed by atoms with Crippen LogP contribution in [0.4, 0.5) is 5.69 Å². The molecule has 5 aliphatic rings. The zero-order valence-electron chi connectivity index (χ0n) is 15.5. The van der Waals surface area contributed by atoms with Crippen LogP contribution in [0.25, 0.3) is 0 Å². The van der Waals surface area contributed by atoms with Gasteiger partial charge in [0.1, 0.15) is 0 Å². The molecule has 0 unspecified atom stereocenters. The van der Waals surface area contributed by atoms with Gasteiger partial charge in [-0.1, -0.05) is 23.2 Å². The van der Waals surface area contributed by atoms with Gasteiger partial charge in [0.15, 0.2) is 5.11 Å². The lowest BCUT2D eigenvalue weighted by Crippen LogP contribution is -2.60. The molecule has 0 amide bonds. The maximum Gasteiger partial charge on any atom is 0.173 e. The van der Waals surface area contributed by atoms with E-state index in [1.165, 1.54) is 32.1 Å². The van der Waals surface area contributed by atoms with Crippen molar-refractivity contribution in [3.05, 3.63) is 28.2 Å². The van der Waals surface area contributed by atoms with Gasteiger partial charge < -0.3 is 10.2 Å². The van der Waals surface area contributed by atoms with Crippen LogP contribution < -0.4 is 5.32 Å². The highest BCUT2D eigenvalue weighted by atomic mass is 35.5. The molecule has 0 radical (unpaired) electrons. The second-order valence-corrected chi connectivity index (χ2v) is 10.3. The van der Waals surface area contributed by atoms with Gasteiger partial charge in [0.05, 0.1) is 0 Å². The number of halogens is 2. The Morgan fingerprint density at radius 3 is 1.96 bits per heavy atom. The predicted molar refractivity (Wildman–Crippen MR) is 117 cm³/mol. The molecule has 6 rings (SSSR count). The molecule has 0 aromatic heterocycles. The van der Waals surface area contributed by atoms with Crippen molar-refractivity contribution in [2.75, 3.05) is 31.5 Å². The minimum absolute atomic E-state index is 0.625. The van der Waals surface area contributed by atoms with Crippen LogP contribution in [0.3, 0.4) is 0 Å². The third kappa shape index (κ3) is 3.71. The minimum atomic E-state index is 0.625. The first-order valence-corrected chi connectivity index (χ1v) is 11.5. The summed E-state index contributed by atoms with van der Waals surface area (Å²) in [4.78, 5) is 5.08. The van der Waals surface area contributed by atoms with Crippen molar-refractivity contribution in [3.8, 4) is 0 Å². The van der Waals surface area contributed by atoms with Gasteiger partial charge in [-0.25, -0.2) is 0 Å². The van der Waals surface area contributed by atoms with Crippen LogP contribution in [0.15, 0.2) is 18.2 Å². The molecule has 4 bridgehead atoms. The molecule has 6 heteroatoms. The highest BCUT2D eigenvalue weighted by Crippen LogP contribution is 2.55. The molecule has 3 nitrogen and oxygen atoms in total. The van der Waals surface area contributed by atoms with Gasteiger partial charge in [0, 0.05) is 48.0 Å². The van der Waals surface area contributed by atoms with Crippen molar-refractivity contribution in [2.45, 2.75) is 38.1 Å². The van der Waals surface area contributed by atoms with E-state index in [9.17, 15) is 0 Å². The number of nitrogens with one attached hydrogen (secondary N) is 1. The number of hydrogen-bond donors (Lipinski definition) is 1. The van der Waals surface area contributed by atoms with Gasteiger partial charge in [0.25, 0.3) is 0 Å². The Kier molecular flexibility index (Phi) is 5.04. The van der Waals surface area contributed by atoms with E-state index >= 15 is 0 Å². The first-order chi connectivity index (χ1) is 13.0. The SMILES string of the molecule is S=C(Nc1cc(Cl)cc(Cl)c1)N1CCN(C2C3CC4CC(C3)CC2C4)CC1. The van der Waals surface area contributed by atoms with E-state index in [-0.39, 0.29) is 0 Å². The molecular formula is C21H27Cl2N3S. The molecular weight excluding hydrogens is 397 g/mol. The molecule has 1 aromatic rings. The van der Waals surface area contributed by atoms with Gasteiger partial charge in [-0.3, -0.25) is 4.90 Å². The van der Waals surface area contributed by atoms with Gasteiger partial charge in [-0.2, -0.15) is 0 Å². The van der Waals surface area contributed by atoms with Crippen LogP contribution in [0, 0.1) is 23.7 Å². The summed E-state index contributed by atoms with van der Waals surface area (Å²) in [6.45, 7) is 4.27. The van der Waals surface area contributed by atoms with Crippen molar-refractivity contribution in [1.82, 2.24) is 9.80 Å². The zero-order valence-corrected chi connectivity index (χ0v) is 17.9. The van der Waals surface area contributed by atoms with Crippen LogP contribution in [-0.4, -0.2) is 47.1 Å². The highest BCUT2D eigenvalue weighted by Gasteiger charge is 2.50. The van der Waals surface area contributed by atoms with Crippen LogP contribution >= 0.6 is 35.4 Å². The summed E-state index contributed by atoms with van der Waals surface area (Å²) < 4.78 is 0. The molecule has 1 heterocycles. The normalized spacial score (nSPS) is 35.5. The second-order valence-electron chi connectivity index (χ2n) is 9.03. The fourth-order valence-corrected chi connectivity index (χ4v) is 7.37. The summed E-state index contributed by atoms with van der Waals surface area (Å²) in [5.41, 5.74) is 0.862. The van der Waals surface area contributed by atoms with Crippen LogP contribution in [0.1, 0.15) is 32.1 Å². The van der Waals surface area contributed by atoms with E-state index in [0.29, 0.717) is 10.0 Å². The van der Waals surface area contributed by atoms with E-state index in [0.717, 1.165) is 66.7 Å². The largest absolute Gasteiger partial charge is 0.346 e. The summed E-state index contributed by atoms with van der Waals surface area (Å²) in [5, 5.41) is 5.33. The molecule has 4 saturated carbocycles. The topological polar surface area (TPSA) is 18.5 Å². The number of nitrogens with zero attached hydrogens (tertiary/aromatic N) is 2. The lowest BCUT2D eigenvalue weighted by molar-refractivity contribution is -0.0726. The zero-order chi connectivity index (χ0) is 18.5. The molecule has 1 aromatic carbocycles. The van der Waals surface area contributed by atoms with E-state index in [1.807, 2.05) is 12.1 Å². The van der Waals surface area contributed by atoms with E-state index in [1.54, 1.807) is 6.07 Å². The van der Waals surface area contributed by atoms with Crippen LogP contribution in [0.2, 0.25) is 10.0 Å². The lowest BCUT2D eigenvalue weighted by Gasteiger charge is -2.58. The van der Waals surface area contributed by atoms with Gasteiger partial charge >= 0.3 is 0 Å². The van der Waals surface area contributed by atoms with Gasteiger partial charge in [-0.15, -0.1) is 0 Å². The Bertz CT molecular complexity index is 684. The Balaban J connectivity index is 1.18. The molecule has 0 spiro atoms. The standard InChI is InChI=1S/C21H27Cl2N3S/c22-17-10-18(23)12-19(11-17)24-21(27)26-3-1-25(2-4-26)20-15-6-13-5-14(8-15)9-16(20)7-13/h10-16,20H,1-9H2,(H,24,27). The van der Waals surface area contributed by atoms with E-state index in [2.05, 4.69) is 15.1 Å². The average molecular weight is 424 g/mol. The Morgan fingerprint density at radius 1 is 0.852 bits per heavy atom. The smallest absolute Gasteiger partial charge is 0.173 e. The van der Waals surface area contributed by atoms with E-state index in [4.69, 9.17) is 35.4 Å². The number of piperazine rings is 1. The second kappa shape index (κ2) is 7.37. The van der Waals surface area contributed by atoms with Crippen molar-refractivity contribution < 1.29 is 0 Å². The van der Waals surface area contributed by atoms with Crippen molar-refractivity contribution in [2.24, 2.45) is 23.7 Å². The van der Waals surface area contributed by atoms with E-state index < -0.39 is 0 Å². The summed E-state index contributed by atoms with van der Waals surface area (Å²) >= 11 is 17.8. The maximum absolute atomic E-state index is 6.10. The monoisotopic (exact) mass is 423 g/mol. The summed E-state index contributed by atoms with van der Waals surface area (Å²) in [6, 6.07) is 6.31. The predicted octanol–water partition coefficient (Wildman–Crippen LogP) is 5.13. The highest BCUT2D eigenvalue weighted by molar-refractivity contribution is 7.80. The van der Waals surface area contributed by atoms with Crippen LogP contribution in [0.5, 0.6) is 0 Å². The Hall–Kier alpha value is -0.550. The molecule has 5 fully saturated rings. The van der Waals surface area contributed by atoms with Crippen LogP contribution in [-0.2, 0) is 0 Å². The number of anilines is 1. The van der Waals surface area contributed by atoms with Gasteiger partial charge in [-0.05, 0) is 86.2 Å². The number of rotatable bonds is 2. The first kappa shape index (κ1) is 18.5. The summed E-state index contributed by atoms with van der Waals surface area (Å²) in [5.74, 6) is 4.02. The quantitative estimate of drug-likeness (QED) is 0.663. The summed E-state index contributed by atoms with van der Waals surface area (Å²) in [6.07, 6.45) is 7.50. The third-order valence-corrected chi connectivity index (χ3v) is 8.11. The Morgan fingerprint density at radius 2 is 1.41 bits per heavy atom. The Labute approximate surface area is 177 Å².